The summed E-state index contributed by atoms with van der Waals surface area (Å²) in [4.78, 5) is 0. The van der Waals surface area contributed by atoms with Crippen molar-refractivity contribution in [3.8, 4) is 5.75 Å². The highest BCUT2D eigenvalue weighted by molar-refractivity contribution is 5.95. The van der Waals surface area contributed by atoms with Crippen molar-refractivity contribution in [3.05, 3.63) is 65.7 Å². The second kappa shape index (κ2) is 6.36. The van der Waals surface area contributed by atoms with Gasteiger partial charge in [0.1, 0.15) is 11.4 Å². The number of rotatable bonds is 3. The fraction of sp³-hybridized carbons (Fsp3) is 0.111. The Morgan fingerprint density at radius 2 is 1.57 bits per heavy atom. The van der Waals surface area contributed by atoms with Crippen molar-refractivity contribution in [3.63, 3.8) is 0 Å². The van der Waals surface area contributed by atoms with Crippen LogP contribution in [-0.2, 0) is 0 Å². The van der Waals surface area contributed by atoms with E-state index < -0.39 is 0 Å². The molecule has 3 aromatic carbocycles. The first-order chi connectivity index (χ1) is 11.1. The third-order valence-corrected chi connectivity index (χ3v) is 3.71. The molecule has 0 aliphatic heterocycles. The predicted octanol–water partition coefficient (Wildman–Crippen LogP) is 5.94. The van der Waals surface area contributed by atoms with Crippen LogP contribution in [0.5, 0.6) is 5.75 Å². The van der Waals surface area contributed by atoms with Crippen LogP contribution in [0.15, 0.2) is 75.3 Å². The van der Waals surface area contributed by atoms with E-state index in [-0.39, 0.29) is 5.75 Å². The van der Waals surface area contributed by atoms with Crippen molar-refractivity contribution in [1.29, 1.82) is 0 Å². The third-order valence-electron chi connectivity index (χ3n) is 3.71. The summed E-state index contributed by atoms with van der Waals surface area (Å²) in [6.07, 6.45) is 0. The lowest BCUT2D eigenvalue weighted by Gasteiger charge is -2.02. The third kappa shape index (κ3) is 3.23. The van der Waals surface area contributed by atoms with Gasteiger partial charge in [0.2, 0.25) is 0 Å². The molecule has 0 amide bonds. The molecule has 0 atom stereocenters. The number of phenolic OH excluding ortho intramolecular Hbond substituents is 1. The zero-order valence-corrected chi connectivity index (χ0v) is 12.9. The Kier molecular flexibility index (Phi) is 4.10. The maximum Gasteiger partial charge on any atom is 0.143 e. The van der Waals surface area contributed by atoms with E-state index in [0.29, 0.717) is 11.4 Å². The Morgan fingerprint density at radius 3 is 2.39 bits per heavy atom. The van der Waals surface area contributed by atoms with Gasteiger partial charge in [-0.15, -0.1) is 10.2 Å². The molecule has 0 heterocycles. The van der Waals surface area contributed by atoms with E-state index in [2.05, 4.69) is 20.7 Å². The summed E-state index contributed by atoms with van der Waals surface area (Å²) in [5, 5.41) is 27.2. The Balaban J connectivity index is 1.87. The number of hydrogen-bond acceptors (Lipinski definition) is 3. The number of fused-ring (bicyclic) bond motifs is 1. The summed E-state index contributed by atoms with van der Waals surface area (Å²) in [6, 6.07) is 16.9. The smallest absolute Gasteiger partial charge is 0.143 e. The molecule has 114 valence electrons. The minimum Gasteiger partial charge on any atom is -0.506 e. The fourth-order valence-corrected chi connectivity index (χ4v) is 2.27. The van der Waals surface area contributed by atoms with Crippen LogP contribution in [0.1, 0.15) is 11.1 Å². The van der Waals surface area contributed by atoms with Crippen LogP contribution >= 0.6 is 0 Å². The van der Waals surface area contributed by atoms with Gasteiger partial charge < -0.3 is 5.11 Å². The van der Waals surface area contributed by atoms with Gasteiger partial charge in [-0.2, -0.15) is 0 Å². The van der Waals surface area contributed by atoms with Gasteiger partial charge >= 0.3 is 0 Å². The molecular formula is C18H16N4O. The lowest BCUT2D eigenvalue weighted by molar-refractivity contribution is 0.477. The minimum atomic E-state index is 0.0637. The molecule has 0 aromatic heterocycles. The average molecular weight is 304 g/mol. The van der Waals surface area contributed by atoms with Gasteiger partial charge in [0.15, 0.2) is 0 Å². The van der Waals surface area contributed by atoms with E-state index in [1.807, 2.05) is 62.4 Å². The molecule has 0 radical (unpaired) electrons. The zero-order valence-electron chi connectivity index (χ0n) is 12.9. The van der Waals surface area contributed by atoms with Crippen molar-refractivity contribution in [2.24, 2.45) is 20.7 Å². The van der Waals surface area contributed by atoms with Crippen LogP contribution in [0.25, 0.3) is 10.8 Å². The SMILES string of the molecule is Cc1ccc(N=NN=Nc2c(O)ccc3ccccc23)cc1C. The molecule has 0 saturated heterocycles. The van der Waals surface area contributed by atoms with Gasteiger partial charge in [-0.3, -0.25) is 0 Å². The topological polar surface area (TPSA) is 69.7 Å². The molecule has 0 saturated carbocycles. The van der Waals surface area contributed by atoms with Crippen LogP contribution in [-0.4, -0.2) is 5.11 Å². The number of hydrogen-bond donors (Lipinski definition) is 1. The molecule has 0 fully saturated rings. The molecule has 5 nitrogen and oxygen atoms in total. The van der Waals surface area contributed by atoms with Crippen LogP contribution in [0, 0.1) is 13.8 Å². The maximum atomic E-state index is 9.97. The first-order valence-corrected chi connectivity index (χ1v) is 7.25. The molecule has 1 N–H and O–H groups in total. The Bertz CT molecular complexity index is 916. The lowest BCUT2D eigenvalue weighted by Crippen LogP contribution is -1.77. The second-order valence-corrected chi connectivity index (χ2v) is 5.30. The van der Waals surface area contributed by atoms with Gasteiger partial charge in [-0.1, -0.05) is 36.4 Å². The van der Waals surface area contributed by atoms with Gasteiger partial charge in [0, 0.05) is 5.39 Å². The predicted molar refractivity (Wildman–Crippen MR) is 90.6 cm³/mol. The maximum absolute atomic E-state index is 9.97. The quantitative estimate of drug-likeness (QED) is 0.471. The van der Waals surface area contributed by atoms with Crippen molar-refractivity contribution in [1.82, 2.24) is 0 Å². The molecule has 0 aliphatic carbocycles. The highest BCUT2D eigenvalue weighted by Crippen LogP contribution is 2.35. The molecule has 3 rings (SSSR count). The monoisotopic (exact) mass is 304 g/mol. The van der Waals surface area contributed by atoms with E-state index in [0.717, 1.165) is 16.3 Å². The van der Waals surface area contributed by atoms with Gasteiger partial charge in [-0.25, -0.2) is 0 Å². The molecule has 0 aliphatic rings. The molecule has 23 heavy (non-hydrogen) atoms. The first kappa shape index (κ1) is 14.8. The van der Waals surface area contributed by atoms with Crippen LogP contribution in [0.3, 0.4) is 0 Å². The fourth-order valence-electron chi connectivity index (χ4n) is 2.27. The summed E-state index contributed by atoms with van der Waals surface area (Å²) in [5.74, 6) is 0.0637. The summed E-state index contributed by atoms with van der Waals surface area (Å²) in [5.41, 5.74) is 3.45. The number of nitrogens with zero attached hydrogens (tertiary/aromatic N) is 4. The van der Waals surface area contributed by atoms with E-state index >= 15 is 0 Å². The normalized spacial score (nSPS) is 11.7. The molecule has 3 aromatic rings. The average Bonchev–Trinajstić information content (AvgIpc) is 2.56. The van der Waals surface area contributed by atoms with Crippen LogP contribution < -0.4 is 0 Å². The Morgan fingerprint density at radius 1 is 0.783 bits per heavy atom. The number of aryl methyl sites for hydroxylation is 2. The summed E-state index contributed by atoms with van der Waals surface area (Å²) in [6.45, 7) is 4.06. The van der Waals surface area contributed by atoms with Crippen molar-refractivity contribution < 1.29 is 5.11 Å². The Hall–Kier alpha value is -3.08. The van der Waals surface area contributed by atoms with E-state index in [9.17, 15) is 5.11 Å². The van der Waals surface area contributed by atoms with E-state index in [1.54, 1.807) is 6.07 Å². The minimum absolute atomic E-state index is 0.0637. The van der Waals surface area contributed by atoms with E-state index in [1.165, 1.54) is 5.56 Å². The van der Waals surface area contributed by atoms with E-state index in [4.69, 9.17) is 0 Å². The number of phenols is 1. The molecule has 5 heteroatoms. The van der Waals surface area contributed by atoms with Crippen LogP contribution in [0.4, 0.5) is 11.4 Å². The highest BCUT2D eigenvalue weighted by Gasteiger charge is 2.05. The van der Waals surface area contributed by atoms with Gasteiger partial charge in [-0.05, 0) is 59.0 Å². The van der Waals surface area contributed by atoms with Gasteiger partial charge in [0.25, 0.3) is 0 Å². The summed E-state index contributed by atoms with van der Waals surface area (Å²) >= 11 is 0. The molecule has 0 bridgehead atoms. The Labute approximate surface area is 134 Å². The lowest BCUT2D eigenvalue weighted by atomic mass is 10.1. The largest absolute Gasteiger partial charge is 0.506 e. The second-order valence-electron chi connectivity index (χ2n) is 5.30. The molecule has 0 unspecified atom stereocenters. The van der Waals surface area contributed by atoms with Crippen molar-refractivity contribution in [2.75, 3.05) is 0 Å². The van der Waals surface area contributed by atoms with Crippen molar-refractivity contribution >= 4 is 22.1 Å². The molecular weight excluding hydrogens is 288 g/mol. The standard InChI is InChI=1S/C18H16N4O/c1-12-7-9-15(11-13(12)2)19-21-22-20-18-16-6-4-3-5-14(16)8-10-17(18)23/h3-11,23H,1-2H3. The summed E-state index contributed by atoms with van der Waals surface area (Å²) in [7, 11) is 0. The zero-order chi connectivity index (χ0) is 16.2. The van der Waals surface area contributed by atoms with Crippen LogP contribution in [0.2, 0.25) is 0 Å². The number of benzene rings is 3. The first-order valence-electron chi connectivity index (χ1n) is 7.25. The van der Waals surface area contributed by atoms with Crippen molar-refractivity contribution in [2.45, 2.75) is 13.8 Å². The van der Waals surface area contributed by atoms with Gasteiger partial charge in [0.05, 0.1) is 5.69 Å². The number of aromatic hydroxyl groups is 1. The molecule has 0 spiro atoms. The highest BCUT2D eigenvalue weighted by atomic mass is 16.3. The summed E-state index contributed by atoms with van der Waals surface area (Å²) < 4.78 is 0.